The molecule has 2 aromatic rings. The third kappa shape index (κ3) is 7.93. The van der Waals surface area contributed by atoms with E-state index in [0.29, 0.717) is 29.0 Å². The first-order chi connectivity index (χ1) is 12.2. The molecule has 2 N–H and O–H groups in total. The maximum atomic E-state index is 12.1. The number of carbonyl (C=O) groups excluding carboxylic acids is 1. The van der Waals surface area contributed by atoms with Gasteiger partial charge in [-0.15, -0.1) is 24.8 Å². The van der Waals surface area contributed by atoms with Crippen molar-refractivity contribution in [2.45, 2.75) is 25.7 Å². The lowest BCUT2D eigenvalue weighted by atomic mass is 9.93. The maximum absolute atomic E-state index is 12.1. The van der Waals surface area contributed by atoms with Crippen molar-refractivity contribution in [3.05, 3.63) is 47.6 Å². The van der Waals surface area contributed by atoms with Gasteiger partial charge >= 0.3 is 0 Å². The van der Waals surface area contributed by atoms with E-state index in [4.69, 9.17) is 16.3 Å². The van der Waals surface area contributed by atoms with E-state index >= 15 is 0 Å². The number of benzene rings is 1. The second kappa shape index (κ2) is 12.0. The van der Waals surface area contributed by atoms with Crippen LogP contribution in [0.1, 0.15) is 25.7 Å². The number of nitrogens with zero attached hydrogens (tertiary/aromatic N) is 1. The first-order valence-electron chi connectivity index (χ1n) is 8.59. The quantitative estimate of drug-likeness (QED) is 0.667. The molecule has 1 aliphatic rings. The number of piperidine rings is 1. The molecule has 0 radical (unpaired) electrons. The highest BCUT2D eigenvalue weighted by Gasteiger charge is 2.14. The van der Waals surface area contributed by atoms with Crippen molar-refractivity contribution in [1.29, 1.82) is 0 Å². The smallest absolute Gasteiger partial charge is 0.224 e. The van der Waals surface area contributed by atoms with E-state index in [9.17, 15) is 4.79 Å². The average molecular weight is 433 g/mol. The second-order valence-electron chi connectivity index (χ2n) is 6.22. The lowest BCUT2D eigenvalue weighted by Gasteiger charge is -2.22. The van der Waals surface area contributed by atoms with E-state index in [0.717, 1.165) is 38.0 Å². The summed E-state index contributed by atoms with van der Waals surface area (Å²) in [4.78, 5) is 16.2. The highest BCUT2D eigenvalue weighted by Crippen LogP contribution is 2.23. The Kier molecular flexibility index (Phi) is 10.5. The number of pyridine rings is 1. The summed E-state index contributed by atoms with van der Waals surface area (Å²) in [5.74, 6) is 1.85. The predicted octanol–water partition coefficient (Wildman–Crippen LogP) is 5.09. The molecule has 0 unspecified atom stereocenters. The molecule has 2 heterocycles. The lowest BCUT2D eigenvalue weighted by Crippen LogP contribution is -2.28. The second-order valence-corrected chi connectivity index (χ2v) is 6.66. The summed E-state index contributed by atoms with van der Waals surface area (Å²) in [7, 11) is 0. The van der Waals surface area contributed by atoms with Crippen LogP contribution in [-0.4, -0.2) is 24.0 Å². The number of nitrogens with one attached hydrogen (secondary N) is 2. The van der Waals surface area contributed by atoms with Crippen LogP contribution in [-0.2, 0) is 4.79 Å². The molecular weight excluding hydrogens is 409 g/mol. The number of aromatic nitrogens is 1. The van der Waals surface area contributed by atoms with Gasteiger partial charge in [0.25, 0.3) is 0 Å². The fraction of sp³-hybridized carbons (Fsp3) is 0.368. The Balaban J connectivity index is 0.00000182. The van der Waals surface area contributed by atoms with Gasteiger partial charge in [0.15, 0.2) is 0 Å². The Bertz CT molecular complexity index is 690. The van der Waals surface area contributed by atoms with Gasteiger partial charge in [-0.1, -0.05) is 11.6 Å². The molecule has 5 nitrogen and oxygen atoms in total. The Morgan fingerprint density at radius 2 is 1.85 bits per heavy atom. The zero-order valence-electron chi connectivity index (χ0n) is 14.8. The van der Waals surface area contributed by atoms with Gasteiger partial charge in [-0.2, -0.15) is 0 Å². The minimum Gasteiger partial charge on any atom is -0.439 e. The summed E-state index contributed by atoms with van der Waals surface area (Å²) in [5, 5.41) is 6.85. The van der Waals surface area contributed by atoms with Crippen molar-refractivity contribution in [3.8, 4) is 11.6 Å². The Morgan fingerprint density at radius 3 is 2.48 bits per heavy atom. The molecule has 1 aromatic heterocycles. The van der Waals surface area contributed by atoms with Crippen LogP contribution in [0.2, 0.25) is 5.02 Å². The van der Waals surface area contributed by atoms with Gasteiger partial charge in [0.05, 0.1) is 5.02 Å². The SMILES string of the molecule is Cl.Cl.O=C(CCC1CCNCC1)Nc1ccc(Oc2ccc(Cl)cn2)cc1. The van der Waals surface area contributed by atoms with Crippen LogP contribution in [0.3, 0.4) is 0 Å². The zero-order valence-corrected chi connectivity index (χ0v) is 17.2. The topological polar surface area (TPSA) is 63.2 Å². The van der Waals surface area contributed by atoms with Crippen LogP contribution in [0.15, 0.2) is 42.6 Å². The summed E-state index contributed by atoms with van der Waals surface area (Å²) >= 11 is 5.80. The monoisotopic (exact) mass is 431 g/mol. The number of carbonyl (C=O) groups is 1. The van der Waals surface area contributed by atoms with E-state index < -0.39 is 0 Å². The number of amides is 1. The van der Waals surface area contributed by atoms with Crippen LogP contribution in [0.5, 0.6) is 11.6 Å². The highest BCUT2D eigenvalue weighted by molar-refractivity contribution is 6.30. The van der Waals surface area contributed by atoms with E-state index in [1.54, 1.807) is 24.3 Å². The standard InChI is InChI=1S/C19H22ClN3O2.2ClH/c20-15-2-8-19(22-13-15)25-17-5-3-16(4-6-17)23-18(24)7-1-14-9-11-21-12-10-14;;/h2-6,8,13-14,21H,1,7,9-12H2,(H,23,24);2*1H. The van der Waals surface area contributed by atoms with E-state index in [1.165, 1.54) is 6.20 Å². The van der Waals surface area contributed by atoms with Gasteiger partial charge in [-0.25, -0.2) is 4.98 Å². The first-order valence-corrected chi connectivity index (χ1v) is 8.97. The van der Waals surface area contributed by atoms with Crippen LogP contribution in [0.25, 0.3) is 0 Å². The lowest BCUT2D eigenvalue weighted by molar-refractivity contribution is -0.116. The van der Waals surface area contributed by atoms with Crippen molar-refractivity contribution in [1.82, 2.24) is 10.3 Å². The van der Waals surface area contributed by atoms with Crippen molar-refractivity contribution in [3.63, 3.8) is 0 Å². The Labute approximate surface area is 177 Å². The molecule has 0 bridgehead atoms. The number of halogens is 3. The average Bonchev–Trinajstić information content (AvgIpc) is 2.64. The van der Waals surface area contributed by atoms with E-state index in [1.807, 2.05) is 12.1 Å². The van der Waals surface area contributed by atoms with Gasteiger partial charge in [-0.3, -0.25) is 4.79 Å². The van der Waals surface area contributed by atoms with Gasteiger partial charge in [0.2, 0.25) is 11.8 Å². The molecule has 0 saturated carbocycles. The molecule has 0 spiro atoms. The summed E-state index contributed by atoms with van der Waals surface area (Å²) in [6.07, 6.45) is 5.39. The molecular formula is C19H24Cl3N3O2. The number of hydrogen-bond donors (Lipinski definition) is 2. The summed E-state index contributed by atoms with van der Waals surface area (Å²) in [6, 6.07) is 10.7. The van der Waals surface area contributed by atoms with Crippen molar-refractivity contribution in [2.75, 3.05) is 18.4 Å². The number of ether oxygens (including phenoxy) is 1. The molecule has 8 heteroatoms. The summed E-state index contributed by atoms with van der Waals surface area (Å²) < 4.78 is 5.63. The minimum atomic E-state index is 0. The van der Waals surface area contributed by atoms with Gasteiger partial charge in [-0.05, 0) is 68.6 Å². The minimum absolute atomic E-state index is 0. The fourth-order valence-electron chi connectivity index (χ4n) is 2.88. The maximum Gasteiger partial charge on any atom is 0.224 e. The van der Waals surface area contributed by atoms with Crippen molar-refractivity contribution >= 4 is 48.0 Å². The van der Waals surface area contributed by atoms with Gasteiger partial charge in [0.1, 0.15) is 5.75 Å². The third-order valence-corrected chi connectivity index (χ3v) is 4.52. The van der Waals surface area contributed by atoms with Gasteiger partial charge < -0.3 is 15.4 Å². The number of hydrogen-bond acceptors (Lipinski definition) is 4. The molecule has 1 saturated heterocycles. The summed E-state index contributed by atoms with van der Waals surface area (Å²) in [5.41, 5.74) is 0.770. The number of rotatable bonds is 6. The highest BCUT2D eigenvalue weighted by atomic mass is 35.5. The molecule has 1 aromatic carbocycles. The fourth-order valence-corrected chi connectivity index (χ4v) is 2.99. The third-order valence-electron chi connectivity index (χ3n) is 4.30. The van der Waals surface area contributed by atoms with Gasteiger partial charge in [0, 0.05) is 24.4 Å². The molecule has 0 aliphatic carbocycles. The summed E-state index contributed by atoms with van der Waals surface area (Å²) in [6.45, 7) is 2.13. The molecule has 1 aliphatic heterocycles. The molecule has 27 heavy (non-hydrogen) atoms. The van der Waals surface area contributed by atoms with Crippen LogP contribution >= 0.6 is 36.4 Å². The van der Waals surface area contributed by atoms with E-state index in [2.05, 4.69) is 15.6 Å². The Morgan fingerprint density at radius 1 is 1.15 bits per heavy atom. The first kappa shape index (κ1) is 23.5. The Hall–Kier alpha value is -1.53. The molecule has 1 amide bonds. The molecule has 1 fully saturated rings. The molecule has 148 valence electrons. The zero-order chi connectivity index (χ0) is 17.5. The van der Waals surface area contributed by atoms with Crippen molar-refractivity contribution in [2.24, 2.45) is 5.92 Å². The number of anilines is 1. The van der Waals surface area contributed by atoms with Crippen LogP contribution < -0.4 is 15.4 Å². The predicted molar refractivity (Wildman–Crippen MR) is 114 cm³/mol. The van der Waals surface area contributed by atoms with Crippen LogP contribution in [0.4, 0.5) is 5.69 Å². The largest absolute Gasteiger partial charge is 0.439 e. The normalized spacial score (nSPS) is 13.8. The van der Waals surface area contributed by atoms with E-state index in [-0.39, 0.29) is 30.7 Å². The van der Waals surface area contributed by atoms with Crippen molar-refractivity contribution < 1.29 is 9.53 Å². The van der Waals surface area contributed by atoms with Crippen LogP contribution in [0, 0.1) is 5.92 Å². The molecule has 0 atom stereocenters. The molecule has 3 rings (SSSR count).